The van der Waals surface area contributed by atoms with Crippen LogP contribution in [0.1, 0.15) is 41.5 Å². The van der Waals surface area contributed by atoms with Gasteiger partial charge >= 0.3 is 11.9 Å². The molecular formula is C26H30F2N2O5. The van der Waals surface area contributed by atoms with E-state index >= 15 is 0 Å². The summed E-state index contributed by atoms with van der Waals surface area (Å²) in [5.74, 6) is -2.75. The number of carboxylic acid groups (broad SMARTS) is 2. The van der Waals surface area contributed by atoms with Crippen LogP contribution in [0.4, 0.5) is 8.78 Å². The Morgan fingerprint density at radius 2 is 1.46 bits per heavy atom. The summed E-state index contributed by atoms with van der Waals surface area (Å²) < 4.78 is 27.4. The maximum atomic E-state index is 14.1. The monoisotopic (exact) mass is 488 g/mol. The number of halogens is 2. The molecule has 35 heavy (non-hydrogen) atoms. The van der Waals surface area contributed by atoms with E-state index in [0.717, 1.165) is 62.3 Å². The van der Waals surface area contributed by atoms with Gasteiger partial charge < -0.3 is 15.3 Å². The number of rotatable bonds is 6. The molecule has 188 valence electrons. The molecule has 1 aliphatic carbocycles. The van der Waals surface area contributed by atoms with Gasteiger partial charge in [-0.2, -0.15) is 0 Å². The SMILES string of the molecule is O=C(O)/C=C\C(=O)O.OCCN1CCN(C2CCC(c3ccc(F)cc3)c3ccc(F)cc32)CC1. The third-order valence-corrected chi connectivity index (χ3v) is 6.42. The molecular weight excluding hydrogens is 458 g/mol. The molecule has 1 fully saturated rings. The first kappa shape index (κ1) is 26.5. The van der Waals surface area contributed by atoms with Crippen molar-refractivity contribution < 1.29 is 33.7 Å². The lowest BCUT2D eigenvalue weighted by Crippen LogP contribution is -2.48. The van der Waals surface area contributed by atoms with Crippen LogP contribution in [0.5, 0.6) is 0 Å². The van der Waals surface area contributed by atoms with Crippen molar-refractivity contribution in [2.75, 3.05) is 39.3 Å². The number of aliphatic carboxylic acids is 2. The molecule has 2 unspecified atom stereocenters. The maximum absolute atomic E-state index is 14.1. The number of aliphatic hydroxyl groups is 1. The number of hydrogen-bond donors (Lipinski definition) is 3. The van der Waals surface area contributed by atoms with Crippen LogP contribution in [0.25, 0.3) is 0 Å². The summed E-state index contributed by atoms with van der Waals surface area (Å²) in [6, 6.07) is 12.1. The van der Waals surface area contributed by atoms with Crippen molar-refractivity contribution in [2.24, 2.45) is 0 Å². The minimum absolute atomic E-state index is 0.188. The molecule has 2 aromatic rings. The Balaban J connectivity index is 0.000000371. The van der Waals surface area contributed by atoms with E-state index < -0.39 is 11.9 Å². The van der Waals surface area contributed by atoms with Crippen molar-refractivity contribution in [3.05, 3.63) is 82.9 Å². The van der Waals surface area contributed by atoms with Crippen molar-refractivity contribution in [3.63, 3.8) is 0 Å². The van der Waals surface area contributed by atoms with Crippen LogP contribution in [0.3, 0.4) is 0 Å². The number of fused-ring (bicyclic) bond motifs is 1. The standard InChI is InChI=1S/C22H26F2N2O.C4H4O4/c23-17-3-1-16(2-4-17)19-7-8-22(21-15-18(24)5-6-20(19)21)26-11-9-25(10-12-26)13-14-27;5-3(6)1-2-4(7)8/h1-6,15,19,22,27H,7-14H2;1-2H,(H,5,6)(H,7,8)/b;2-1-. The maximum Gasteiger partial charge on any atom is 0.328 e. The predicted octanol–water partition coefficient (Wildman–Crippen LogP) is 3.25. The van der Waals surface area contributed by atoms with Crippen molar-refractivity contribution >= 4 is 11.9 Å². The van der Waals surface area contributed by atoms with E-state index in [4.69, 9.17) is 15.3 Å². The van der Waals surface area contributed by atoms with Crippen molar-refractivity contribution in [3.8, 4) is 0 Å². The first-order chi connectivity index (χ1) is 16.8. The predicted molar refractivity (Wildman–Crippen MR) is 126 cm³/mol. The number of carbonyl (C=O) groups is 2. The molecule has 2 aliphatic rings. The van der Waals surface area contributed by atoms with Gasteiger partial charge in [0.15, 0.2) is 0 Å². The molecule has 0 amide bonds. The number of β-amino-alcohol motifs (C(OH)–C–C–N with tert-alkyl or cyclic N) is 1. The summed E-state index contributed by atoms with van der Waals surface area (Å²) in [4.78, 5) is 23.8. The van der Waals surface area contributed by atoms with E-state index in [1.54, 1.807) is 6.07 Å². The Kier molecular flexibility index (Phi) is 9.47. The Morgan fingerprint density at radius 1 is 0.857 bits per heavy atom. The molecule has 0 bridgehead atoms. The van der Waals surface area contributed by atoms with Crippen molar-refractivity contribution in [1.29, 1.82) is 0 Å². The van der Waals surface area contributed by atoms with Gasteiger partial charge in [0.25, 0.3) is 0 Å². The van der Waals surface area contributed by atoms with Gasteiger partial charge in [0.05, 0.1) is 6.61 Å². The third-order valence-electron chi connectivity index (χ3n) is 6.42. The third kappa shape index (κ3) is 7.42. The second kappa shape index (κ2) is 12.5. The van der Waals surface area contributed by atoms with Crippen LogP contribution in [-0.4, -0.2) is 76.4 Å². The normalized spacial score (nSPS) is 20.7. The molecule has 0 saturated carbocycles. The minimum Gasteiger partial charge on any atom is -0.478 e. The Bertz CT molecular complexity index is 1020. The molecule has 7 nitrogen and oxygen atoms in total. The zero-order valence-electron chi connectivity index (χ0n) is 19.3. The highest BCUT2D eigenvalue weighted by Crippen LogP contribution is 2.44. The van der Waals surface area contributed by atoms with Crippen LogP contribution >= 0.6 is 0 Å². The first-order valence-electron chi connectivity index (χ1n) is 11.5. The number of aliphatic hydroxyl groups excluding tert-OH is 1. The topological polar surface area (TPSA) is 101 Å². The fraction of sp³-hybridized carbons (Fsp3) is 0.385. The Labute approximate surface area is 202 Å². The molecule has 1 heterocycles. The van der Waals surface area contributed by atoms with Crippen molar-refractivity contribution in [2.45, 2.75) is 24.8 Å². The van der Waals surface area contributed by atoms with Gasteiger partial charge in [0.1, 0.15) is 11.6 Å². The number of carboxylic acids is 2. The van der Waals surface area contributed by atoms with Crippen LogP contribution in [0.2, 0.25) is 0 Å². The molecule has 3 N–H and O–H groups in total. The quantitative estimate of drug-likeness (QED) is 0.537. The first-order valence-corrected chi connectivity index (χ1v) is 11.5. The zero-order chi connectivity index (χ0) is 25.4. The molecule has 4 rings (SSSR count). The minimum atomic E-state index is -1.26. The van der Waals surface area contributed by atoms with E-state index in [9.17, 15) is 18.4 Å². The number of piperazine rings is 1. The lowest BCUT2D eigenvalue weighted by atomic mass is 9.76. The van der Waals surface area contributed by atoms with Gasteiger partial charge in [0.2, 0.25) is 0 Å². The fourth-order valence-electron chi connectivity index (χ4n) is 4.79. The Hall–Kier alpha value is -3.14. The van der Waals surface area contributed by atoms with Crippen LogP contribution < -0.4 is 0 Å². The van der Waals surface area contributed by atoms with E-state index in [1.165, 1.54) is 18.2 Å². The molecule has 0 radical (unpaired) electrons. The van der Waals surface area contributed by atoms with E-state index in [1.807, 2.05) is 18.2 Å². The fourth-order valence-corrected chi connectivity index (χ4v) is 4.79. The summed E-state index contributed by atoms with van der Waals surface area (Å²) in [5, 5.41) is 24.8. The highest BCUT2D eigenvalue weighted by Gasteiger charge is 2.33. The van der Waals surface area contributed by atoms with Gasteiger partial charge in [-0.1, -0.05) is 18.2 Å². The second-order valence-corrected chi connectivity index (χ2v) is 8.58. The van der Waals surface area contributed by atoms with Gasteiger partial charge in [-0.25, -0.2) is 18.4 Å². The average Bonchev–Trinajstić information content (AvgIpc) is 2.84. The number of hydrogen-bond acceptors (Lipinski definition) is 5. The largest absolute Gasteiger partial charge is 0.478 e. The van der Waals surface area contributed by atoms with E-state index in [2.05, 4.69) is 9.80 Å². The Morgan fingerprint density at radius 3 is 2.03 bits per heavy atom. The van der Waals surface area contributed by atoms with Crippen molar-refractivity contribution in [1.82, 2.24) is 9.80 Å². The molecule has 0 aromatic heterocycles. The molecule has 1 aliphatic heterocycles. The zero-order valence-corrected chi connectivity index (χ0v) is 19.3. The summed E-state index contributed by atoms with van der Waals surface area (Å²) in [5.41, 5.74) is 3.33. The molecule has 9 heteroatoms. The van der Waals surface area contributed by atoms with Gasteiger partial charge in [-0.05, 0) is 53.8 Å². The molecule has 2 aromatic carbocycles. The van der Waals surface area contributed by atoms with E-state index in [0.29, 0.717) is 12.2 Å². The summed E-state index contributed by atoms with van der Waals surface area (Å²) in [6.07, 6.45) is 3.06. The molecule has 1 saturated heterocycles. The van der Waals surface area contributed by atoms with Crippen LogP contribution in [0, 0.1) is 11.6 Å². The summed E-state index contributed by atoms with van der Waals surface area (Å²) in [6.45, 7) is 4.64. The highest BCUT2D eigenvalue weighted by molar-refractivity contribution is 5.89. The average molecular weight is 489 g/mol. The number of benzene rings is 2. The second-order valence-electron chi connectivity index (χ2n) is 8.58. The van der Waals surface area contributed by atoms with Gasteiger partial charge in [-0.3, -0.25) is 9.80 Å². The smallest absolute Gasteiger partial charge is 0.328 e. The summed E-state index contributed by atoms with van der Waals surface area (Å²) in [7, 11) is 0. The molecule has 2 atom stereocenters. The number of nitrogens with zero attached hydrogens (tertiary/aromatic N) is 2. The molecule has 0 spiro atoms. The highest BCUT2D eigenvalue weighted by atomic mass is 19.1. The van der Waals surface area contributed by atoms with Gasteiger partial charge in [0, 0.05) is 56.8 Å². The van der Waals surface area contributed by atoms with Crippen LogP contribution in [0.15, 0.2) is 54.6 Å². The lowest BCUT2D eigenvalue weighted by molar-refractivity contribution is -0.134. The summed E-state index contributed by atoms with van der Waals surface area (Å²) >= 11 is 0. The van der Waals surface area contributed by atoms with Crippen LogP contribution in [-0.2, 0) is 9.59 Å². The van der Waals surface area contributed by atoms with E-state index in [-0.39, 0.29) is 30.2 Å². The lowest BCUT2D eigenvalue weighted by Gasteiger charge is -2.43. The van der Waals surface area contributed by atoms with Gasteiger partial charge in [-0.15, -0.1) is 0 Å².